The van der Waals surface area contributed by atoms with Crippen molar-refractivity contribution in [3.63, 3.8) is 0 Å². The van der Waals surface area contributed by atoms with Crippen LogP contribution < -0.4 is 16.0 Å². The zero-order valence-electron chi connectivity index (χ0n) is 14.5. The Bertz CT molecular complexity index is 602. The van der Waals surface area contributed by atoms with Gasteiger partial charge in [0.2, 0.25) is 11.8 Å². The number of anilines is 1. The lowest BCUT2D eigenvalue weighted by atomic mass is 9.67. The lowest BCUT2D eigenvalue weighted by Gasteiger charge is -2.46. The summed E-state index contributed by atoms with van der Waals surface area (Å²) in [5.74, 6) is -0.551. The Morgan fingerprint density at radius 2 is 2.04 bits per heavy atom. The van der Waals surface area contributed by atoms with Gasteiger partial charge in [-0.3, -0.25) is 9.59 Å². The van der Waals surface area contributed by atoms with Crippen molar-refractivity contribution in [1.82, 2.24) is 5.32 Å². The van der Waals surface area contributed by atoms with Crippen molar-refractivity contribution in [2.75, 3.05) is 18.5 Å². The highest BCUT2D eigenvalue weighted by atomic mass is 16.2. The van der Waals surface area contributed by atoms with E-state index in [1.807, 2.05) is 43.5 Å². The van der Waals surface area contributed by atoms with E-state index in [4.69, 9.17) is 5.73 Å². The van der Waals surface area contributed by atoms with E-state index in [1.165, 1.54) is 6.92 Å². The third-order valence-corrected chi connectivity index (χ3v) is 5.03. The molecule has 0 aromatic heterocycles. The summed E-state index contributed by atoms with van der Waals surface area (Å²) in [6.07, 6.45) is 4.14. The molecule has 0 saturated heterocycles. The molecule has 1 aromatic carbocycles. The number of hydrogen-bond acceptors (Lipinski definition) is 3. The zero-order chi connectivity index (χ0) is 17.7. The number of primary amides is 1. The predicted octanol–water partition coefficient (Wildman–Crippen LogP) is 2.09. The molecule has 5 heteroatoms. The fourth-order valence-electron chi connectivity index (χ4n) is 3.74. The summed E-state index contributed by atoms with van der Waals surface area (Å²) in [4.78, 5) is 26.2. The lowest BCUT2D eigenvalue weighted by Crippen LogP contribution is -2.65. The molecule has 0 bridgehead atoms. The van der Waals surface area contributed by atoms with E-state index in [1.54, 1.807) is 0 Å². The molecule has 1 fully saturated rings. The molecule has 0 radical (unpaired) electrons. The van der Waals surface area contributed by atoms with Crippen LogP contribution >= 0.6 is 0 Å². The van der Waals surface area contributed by atoms with Gasteiger partial charge in [-0.15, -0.1) is 6.58 Å². The maximum Gasteiger partial charge on any atom is 0.243 e. The molecule has 3 N–H and O–H groups in total. The molecule has 1 aliphatic rings. The monoisotopic (exact) mass is 329 g/mol. The largest absolute Gasteiger partial charge is 0.374 e. The summed E-state index contributed by atoms with van der Waals surface area (Å²) in [5, 5.41) is 2.88. The van der Waals surface area contributed by atoms with Crippen LogP contribution in [-0.4, -0.2) is 30.9 Å². The number of rotatable bonds is 6. The summed E-state index contributed by atoms with van der Waals surface area (Å²) < 4.78 is 0. The smallest absolute Gasteiger partial charge is 0.243 e. The van der Waals surface area contributed by atoms with Crippen molar-refractivity contribution < 1.29 is 9.59 Å². The lowest BCUT2D eigenvalue weighted by molar-refractivity contribution is -0.135. The van der Waals surface area contributed by atoms with Gasteiger partial charge in [-0.2, -0.15) is 0 Å². The number of nitrogens with two attached hydrogens (primary N) is 1. The molecule has 1 aromatic rings. The number of para-hydroxylation sites is 1. The Kier molecular flexibility index (Phi) is 5.65. The van der Waals surface area contributed by atoms with Gasteiger partial charge in [-0.05, 0) is 37.3 Å². The molecular weight excluding hydrogens is 302 g/mol. The standard InChI is InChI=1S/C19H27N3O2/c1-4-15-10-11-16(13-22(3)17-8-6-5-7-9-17)19(12-15,18(20)24)21-14(2)23/h4-9,15-16H,1,10-13H2,2-3H3,(H2,20,24)(H,21,23)/t15-,16+,19-/m1/s1. The molecule has 3 atom stereocenters. The Hall–Kier alpha value is -2.30. The van der Waals surface area contributed by atoms with Crippen molar-refractivity contribution in [2.24, 2.45) is 17.6 Å². The van der Waals surface area contributed by atoms with E-state index in [9.17, 15) is 9.59 Å². The van der Waals surface area contributed by atoms with Gasteiger partial charge >= 0.3 is 0 Å². The minimum atomic E-state index is -1.02. The van der Waals surface area contributed by atoms with Crippen LogP contribution in [0, 0.1) is 11.8 Å². The van der Waals surface area contributed by atoms with Gasteiger partial charge in [0, 0.05) is 32.1 Å². The molecule has 0 unspecified atom stereocenters. The molecule has 0 aliphatic heterocycles. The van der Waals surface area contributed by atoms with Gasteiger partial charge in [0.15, 0.2) is 0 Å². The third-order valence-electron chi connectivity index (χ3n) is 5.03. The first-order chi connectivity index (χ1) is 11.4. The molecule has 0 spiro atoms. The molecule has 2 amide bonds. The van der Waals surface area contributed by atoms with Crippen LogP contribution in [-0.2, 0) is 9.59 Å². The van der Waals surface area contributed by atoms with E-state index in [0.717, 1.165) is 18.5 Å². The first-order valence-electron chi connectivity index (χ1n) is 8.36. The molecule has 24 heavy (non-hydrogen) atoms. The first kappa shape index (κ1) is 18.0. The molecule has 1 aliphatic carbocycles. The summed E-state index contributed by atoms with van der Waals surface area (Å²) in [7, 11) is 1.99. The highest BCUT2D eigenvalue weighted by Gasteiger charge is 2.49. The fraction of sp³-hybridized carbons (Fsp3) is 0.474. The second kappa shape index (κ2) is 7.51. The Morgan fingerprint density at radius 3 is 2.58 bits per heavy atom. The van der Waals surface area contributed by atoms with Crippen LogP contribution in [0.3, 0.4) is 0 Å². The second-order valence-electron chi connectivity index (χ2n) is 6.71. The number of benzene rings is 1. The first-order valence-corrected chi connectivity index (χ1v) is 8.36. The van der Waals surface area contributed by atoms with Gasteiger partial charge in [-0.25, -0.2) is 0 Å². The number of hydrogen-bond donors (Lipinski definition) is 2. The molecule has 1 saturated carbocycles. The Morgan fingerprint density at radius 1 is 1.38 bits per heavy atom. The fourth-order valence-corrected chi connectivity index (χ4v) is 3.74. The van der Waals surface area contributed by atoms with E-state index in [2.05, 4.69) is 16.8 Å². The van der Waals surface area contributed by atoms with Gasteiger partial charge in [0.25, 0.3) is 0 Å². The van der Waals surface area contributed by atoms with Gasteiger partial charge in [-0.1, -0.05) is 24.3 Å². The quantitative estimate of drug-likeness (QED) is 0.785. The number of allylic oxidation sites excluding steroid dienone is 1. The number of nitrogens with zero attached hydrogens (tertiary/aromatic N) is 1. The highest BCUT2D eigenvalue weighted by molar-refractivity contribution is 5.90. The summed E-state index contributed by atoms with van der Waals surface area (Å²) >= 11 is 0. The molecule has 0 heterocycles. The second-order valence-corrected chi connectivity index (χ2v) is 6.71. The Balaban J connectivity index is 2.28. The zero-order valence-corrected chi connectivity index (χ0v) is 14.5. The number of nitrogens with one attached hydrogen (secondary N) is 1. The molecule has 130 valence electrons. The molecular formula is C19H27N3O2. The number of carbonyl (C=O) groups is 2. The number of amides is 2. The van der Waals surface area contributed by atoms with E-state index in [-0.39, 0.29) is 17.7 Å². The van der Waals surface area contributed by atoms with Crippen LogP contribution in [0.25, 0.3) is 0 Å². The van der Waals surface area contributed by atoms with Gasteiger partial charge < -0.3 is 16.0 Å². The van der Waals surface area contributed by atoms with Crippen LogP contribution in [0.15, 0.2) is 43.0 Å². The van der Waals surface area contributed by atoms with Crippen LogP contribution in [0.2, 0.25) is 0 Å². The van der Waals surface area contributed by atoms with Crippen LogP contribution in [0.5, 0.6) is 0 Å². The average Bonchev–Trinajstić information content (AvgIpc) is 2.56. The molecule has 5 nitrogen and oxygen atoms in total. The topological polar surface area (TPSA) is 75.4 Å². The highest BCUT2D eigenvalue weighted by Crippen LogP contribution is 2.38. The van der Waals surface area contributed by atoms with Crippen molar-refractivity contribution in [2.45, 2.75) is 31.7 Å². The van der Waals surface area contributed by atoms with Crippen molar-refractivity contribution in [1.29, 1.82) is 0 Å². The minimum absolute atomic E-state index is 0.0414. The van der Waals surface area contributed by atoms with E-state index >= 15 is 0 Å². The van der Waals surface area contributed by atoms with Crippen molar-refractivity contribution >= 4 is 17.5 Å². The maximum atomic E-state index is 12.4. The summed E-state index contributed by atoms with van der Waals surface area (Å²) in [6.45, 7) is 5.93. The van der Waals surface area contributed by atoms with Gasteiger partial charge in [0.05, 0.1) is 0 Å². The van der Waals surface area contributed by atoms with E-state index in [0.29, 0.717) is 13.0 Å². The third kappa shape index (κ3) is 3.78. The molecule has 2 rings (SSSR count). The number of carbonyl (C=O) groups excluding carboxylic acids is 2. The van der Waals surface area contributed by atoms with Crippen LogP contribution in [0.4, 0.5) is 5.69 Å². The van der Waals surface area contributed by atoms with Crippen molar-refractivity contribution in [3.05, 3.63) is 43.0 Å². The van der Waals surface area contributed by atoms with Crippen molar-refractivity contribution in [3.8, 4) is 0 Å². The predicted molar refractivity (Wildman–Crippen MR) is 96.5 cm³/mol. The minimum Gasteiger partial charge on any atom is -0.374 e. The summed E-state index contributed by atoms with van der Waals surface area (Å²) in [6, 6.07) is 9.99. The van der Waals surface area contributed by atoms with E-state index < -0.39 is 11.4 Å². The normalized spacial score (nSPS) is 26.4. The average molecular weight is 329 g/mol. The SMILES string of the molecule is C=C[C@@H]1CC[C@@H](CN(C)c2ccccc2)[C@@](NC(C)=O)(C(N)=O)C1. The van der Waals surface area contributed by atoms with Gasteiger partial charge in [0.1, 0.15) is 5.54 Å². The summed E-state index contributed by atoms with van der Waals surface area (Å²) in [5.41, 5.74) is 5.82. The van der Waals surface area contributed by atoms with Crippen LogP contribution in [0.1, 0.15) is 26.2 Å². The maximum absolute atomic E-state index is 12.4. The Labute approximate surface area is 143 Å².